The van der Waals surface area contributed by atoms with E-state index in [1.807, 2.05) is 11.3 Å². The highest BCUT2D eigenvalue weighted by Crippen LogP contribution is 2.33. The first-order chi connectivity index (χ1) is 9.31. The van der Waals surface area contributed by atoms with Gasteiger partial charge in [-0.3, -0.25) is 0 Å². The van der Waals surface area contributed by atoms with E-state index in [4.69, 9.17) is 0 Å². The fraction of sp³-hybridized carbons (Fsp3) is 0.750. The summed E-state index contributed by atoms with van der Waals surface area (Å²) in [4.78, 5) is 1.55. The van der Waals surface area contributed by atoms with Crippen molar-refractivity contribution >= 4 is 23.1 Å². The van der Waals surface area contributed by atoms with Crippen molar-refractivity contribution in [3.05, 3.63) is 21.9 Å². The number of thioether (sulfide) groups is 1. The molecule has 0 radical (unpaired) electrons. The molecule has 3 heteroatoms. The van der Waals surface area contributed by atoms with Gasteiger partial charge in [-0.05, 0) is 49.7 Å². The van der Waals surface area contributed by atoms with Crippen LogP contribution in [0.3, 0.4) is 0 Å². The van der Waals surface area contributed by atoms with Crippen LogP contribution in [-0.4, -0.2) is 17.5 Å². The lowest BCUT2D eigenvalue weighted by Gasteiger charge is -2.24. The zero-order valence-corrected chi connectivity index (χ0v) is 13.9. The molecule has 1 saturated carbocycles. The van der Waals surface area contributed by atoms with Gasteiger partial charge in [0.25, 0.3) is 0 Å². The molecule has 1 fully saturated rings. The third kappa shape index (κ3) is 4.80. The van der Waals surface area contributed by atoms with Gasteiger partial charge >= 0.3 is 0 Å². The van der Waals surface area contributed by atoms with Gasteiger partial charge < -0.3 is 5.32 Å². The van der Waals surface area contributed by atoms with Crippen LogP contribution >= 0.6 is 23.1 Å². The van der Waals surface area contributed by atoms with Crippen molar-refractivity contribution in [1.82, 2.24) is 5.32 Å². The standard InChI is InChI=1S/C16H27NS2/c1-3-10-17-15(16-13(2)9-11-18-16)12-19-14-7-5-4-6-8-14/h9,11,14-15,17H,3-8,10,12H2,1-2H3. The van der Waals surface area contributed by atoms with Crippen molar-refractivity contribution in [2.45, 2.75) is 63.7 Å². The highest BCUT2D eigenvalue weighted by molar-refractivity contribution is 7.99. The lowest BCUT2D eigenvalue weighted by Crippen LogP contribution is -2.25. The molecular formula is C16H27NS2. The van der Waals surface area contributed by atoms with E-state index in [9.17, 15) is 0 Å². The molecule has 0 saturated heterocycles. The fourth-order valence-electron chi connectivity index (χ4n) is 2.75. The third-order valence-electron chi connectivity index (χ3n) is 3.91. The van der Waals surface area contributed by atoms with Gasteiger partial charge in [0.05, 0.1) is 6.04 Å². The summed E-state index contributed by atoms with van der Waals surface area (Å²) in [6.45, 7) is 5.63. The Balaban J connectivity index is 1.88. The summed E-state index contributed by atoms with van der Waals surface area (Å²) in [5.74, 6) is 1.24. The Morgan fingerprint density at radius 2 is 2.16 bits per heavy atom. The zero-order chi connectivity index (χ0) is 13.5. The maximum absolute atomic E-state index is 3.74. The fourth-order valence-corrected chi connectivity index (χ4v) is 5.28. The number of hydrogen-bond donors (Lipinski definition) is 1. The molecule has 1 unspecified atom stereocenters. The first-order valence-electron chi connectivity index (χ1n) is 7.70. The highest BCUT2D eigenvalue weighted by atomic mass is 32.2. The quantitative estimate of drug-likeness (QED) is 0.745. The van der Waals surface area contributed by atoms with Crippen molar-refractivity contribution in [3.63, 3.8) is 0 Å². The average Bonchev–Trinajstić information content (AvgIpc) is 2.86. The second kappa shape index (κ2) is 8.33. The van der Waals surface area contributed by atoms with Gasteiger partial charge in [-0.25, -0.2) is 0 Å². The van der Waals surface area contributed by atoms with Crippen LogP contribution in [0.5, 0.6) is 0 Å². The average molecular weight is 298 g/mol. The van der Waals surface area contributed by atoms with Crippen molar-refractivity contribution in [2.24, 2.45) is 0 Å². The summed E-state index contributed by atoms with van der Waals surface area (Å²) < 4.78 is 0. The summed E-state index contributed by atoms with van der Waals surface area (Å²) in [5, 5.41) is 6.89. The normalized spacial score (nSPS) is 18.6. The topological polar surface area (TPSA) is 12.0 Å². The van der Waals surface area contributed by atoms with E-state index in [0.29, 0.717) is 6.04 Å². The van der Waals surface area contributed by atoms with E-state index in [1.54, 1.807) is 4.88 Å². The molecule has 1 aromatic rings. The van der Waals surface area contributed by atoms with E-state index < -0.39 is 0 Å². The Kier molecular flexibility index (Phi) is 6.75. The smallest absolute Gasteiger partial charge is 0.0509 e. The first kappa shape index (κ1) is 15.4. The molecule has 1 aromatic heterocycles. The molecule has 2 rings (SSSR count). The Morgan fingerprint density at radius 3 is 2.79 bits per heavy atom. The maximum Gasteiger partial charge on any atom is 0.0509 e. The molecule has 1 heterocycles. The molecule has 19 heavy (non-hydrogen) atoms. The van der Waals surface area contributed by atoms with Gasteiger partial charge in [0.1, 0.15) is 0 Å². The number of aryl methyl sites for hydroxylation is 1. The van der Waals surface area contributed by atoms with Crippen LogP contribution in [0.4, 0.5) is 0 Å². The first-order valence-corrected chi connectivity index (χ1v) is 9.63. The Labute approximate surface area is 126 Å². The Bertz CT molecular complexity index is 355. The van der Waals surface area contributed by atoms with E-state index in [0.717, 1.165) is 11.8 Å². The second-order valence-electron chi connectivity index (χ2n) is 5.57. The molecule has 0 aliphatic heterocycles. The van der Waals surface area contributed by atoms with Gasteiger partial charge in [0.15, 0.2) is 0 Å². The van der Waals surface area contributed by atoms with E-state index in [2.05, 4.69) is 42.4 Å². The number of hydrogen-bond acceptors (Lipinski definition) is 3. The van der Waals surface area contributed by atoms with E-state index in [1.165, 1.54) is 49.8 Å². The Morgan fingerprint density at radius 1 is 1.37 bits per heavy atom. The maximum atomic E-state index is 3.74. The number of nitrogens with one attached hydrogen (secondary N) is 1. The molecule has 1 nitrogen and oxygen atoms in total. The van der Waals surface area contributed by atoms with Crippen molar-refractivity contribution < 1.29 is 0 Å². The summed E-state index contributed by atoms with van der Waals surface area (Å²) in [6, 6.07) is 2.82. The molecule has 1 aliphatic rings. The molecule has 1 aliphatic carbocycles. The molecule has 0 spiro atoms. The minimum atomic E-state index is 0.562. The number of thiophene rings is 1. The second-order valence-corrected chi connectivity index (χ2v) is 7.85. The molecule has 1 N–H and O–H groups in total. The predicted octanol–water partition coefficient (Wildman–Crippen LogP) is 5.16. The van der Waals surface area contributed by atoms with Crippen LogP contribution < -0.4 is 5.32 Å². The SMILES string of the molecule is CCCNC(CSC1CCCCC1)c1sccc1C. The molecule has 0 bridgehead atoms. The van der Waals surface area contributed by atoms with E-state index in [-0.39, 0.29) is 0 Å². The molecule has 0 amide bonds. The van der Waals surface area contributed by atoms with Crippen LogP contribution in [0.1, 0.15) is 61.9 Å². The zero-order valence-electron chi connectivity index (χ0n) is 12.3. The molecular weight excluding hydrogens is 270 g/mol. The minimum absolute atomic E-state index is 0.562. The van der Waals surface area contributed by atoms with Gasteiger partial charge in [-0.2, -0.15) is 11.8 Å². The van der Waals surface area contributed by atoms with Crippen LogP contribution in [0.2, 0.25) is 0 Å². The van der Waals surface area contributed by atoms with Crippen LogP contribution in [0.15, 0.2) is 11.4 Å². The Hall–Kier alpha value is 0.0100. The predicted molar refractivity (Wildman–Crippen MR) is 89.4 cm³/mol. The highest BCUT2D eigenvalue weighted by Gasteiger charge is 2.19. The lowest BCUT2D eigenvalue weighted by atomic mass is 10.0. The monoisotopic (exact) mass is 297 g/mol. The van der Waals surface area contributed by atoms with Gasteiger partial charge in [0.2, 0.25) is 0 Å². The van der Waals surface area contributed by atoms with Crippen molar-refractivity contribution in [1.29, 1.82) is 0 Å². The summed E-state index contributed by atoms with van der Waals surface area (Å²) in [5.41, 5.74) is 1.46. The summed E-state index contributed by atoms with van der Waals surface area (Å²) >= 11 is 4.13. The largest absolute Gasteiger partial charge is 0.309 e. The molecule has 0 aromatic carbocycles. The van der Waals surface area contributed by atoms with Crippen LogP contribution in [-0.2, 0) is 0 Å². The van der Waals surface area contributed by atoms with Crippen LogP contribution in [0, 0.1) is 6.92 Å². The summed E-state index contributed by atoms with van der Waals surface area (Å²) in [6.07, 6.45) is 8.45. The molecule has 108 valence electrons. The summed E-state index contributed by atoms with van der Waals surface area (Å²) in [7, 11) is 0. The van der Waals surface area contributed by atoms with Crippen molar-refractivity contribution in [3.8, 4) is 0 Å². The molecule has 1 atom stereocenters. The minimum Gasteiger partial charge on any atom is -0.309 e. The van der Waals surface area contributed by atoms with Crippen molar-refractivity contribution in [2.75, 3.05) is 12.3 Å². The van der Waals surface area contributed by atoms with Gasteiger partial charge in [-0.15, -0.1) is 11.3 Å². The number of rotatable bonds is 7. The van der Waals surface area contributed by atoms with Gasteiger partial charge in [0, 0.05) is 15.9 Å². The third-order valence-corrected chi connectivity index (χ3v) is 6.51. The van der Waals surface area contributed by atoms with Gasteiger partial charge in [-0.1, -0.05) is 26.2 Å². The van der Waals surface area contributed by atoms with Crippen LogP contribution in [0.25, 0.3) is 0 Å². The lowest BCUT2D eigenvalue weighted by molar-refractivity contribution is 0.513. The van der Waals surface area contributed by atoms with E-state index >= 15 is 0 Å².